The number of piperazine rings is 1. The van der Waals surface area contributed by atoms with Crippen LogP contribution in [0.5, 0.6) is 5.75 Å². The Bertz CT molecular complexity index is 1450. The first-order chi connectivity index (χ1) is 22.2. The summed E-state index contributed by atoms with van der Waals surface area (Å²) >= 11 is 0. The van der Waals surface area contributed by atoms with Crippen molar-refractivity contribution in [2.45, 2.75) is 70.9 Å². The topological polar surface area (TPSA) is 150 Å². The van der Waals surface area contributed by atoms with Gasteiger partial charge < -0.3 is 34.8 Å². The Balaban J connectivity index is 1.18. The molecule has 0 unspecified atom stereocenters. The molecule has 13 heteroatoms. The maximum Gasteiger partial charge on any atom is 0.409 e. The quantitative estimate of drug-likeness (QED) is 0.357. The Morgan fingerprint density at radius 2 is 1.70 bits per heavy atom. The van der Waals surface area contributed by atoms with Crippen molar-refractivity contribution in [2.24, 2.45) is 0 Å². The second-order valence-electron chi connectivity index (χ2n) is 12.2. The Hall–Kier alpha value is -4.42. The van der Waals surface area contributed by atoms with Crippen molar-refractivity contribution < 1.29 is 33.4 Å². The standard InChI is InChI=1S/C33H44N6O7/c1-3-4-17-45-33(44)38-15-13-37(14-16-38)29(40)20-34-31(42)26-19-28(24-11-10-22(2)18-25(24)36-26)46-21-30(41)39-12-6-9-27(39)32(43)35-23-7-5-8-23/h10-11,18-19,23,27H,3-9,12-17,20-21H2,1-2H3,(H,34,42)(H,35,43)/t27-/m0/s1. The highest BCUT2D eigenvalue weighted by Crippen LogP contribution is 2.27. The fourth-order valence-electron chi connectivity index (χ4n) is 5.84. The van der Waals surface area contributed by atoms with Crippen LogP contribution in [-0.4, -0.2) is 114 Å². The molecular formula is C33H44N6O7. The summed E-state index contributed by atoms with van der Waals surface area (Å²) in [4.78, 5) is 73.5. The van der Waals surface area contributed by atoms with E-state index < -0.39 is 11.9 Å². The van der Waals surface area contributed by atoms with E-state index in [0.29, 0.717) is 62.4 Å². The maximum absolute atomic E-state index is 13.2. The molecule has 248 valence electrons. The van der Waals surface area contributed by atoms with Gasteiger partial charge in [0, 0.05) is 50.2 Å². The van der Waals surface area contributed by atoms with Crippen molar-refractivity contribution in [1.29, 1.82) is 0 Å². The lowest BCUT2D eigenvalue weighted by atomic mass is 9.93. The Kier molecular flexibility index (Phi) is 10.9. The molecule has 0 spiro atoms. The van der Waals surface area contributed by atoms with Crippen molar-refractivity contribution >= 4 is 40.6 Å². The smallest absolute Gasteiger partial charge is 0.409 e. The molecule has 1 aromatic heterocycles. The number of likely N-dealkylation sites (tertiary alicyclic amines) is 1. The number of pyridine rings is 1. The molecule has 3 fully saturated rings. The minimum Gasteiger partial charge on any atom is -0.483 e. The summed E-state index contributed by atoms with van der Waals surface area (Å²) in [5.74, 6) is -0.924. The van der Waals surface area contributed by atoms with Gasteiger partial charge >= 0.3 is 6.09 Å². The van der Waals surface area contributed by atoms with Gasteiger partial charge in [-0.1, -0.05) is 19.4 Å². The molecular weight excluding hydrogens is 592 g/mol. The first-order valence-electron chi connectivity index (χ1n) is 16.3. The zero-order valence-corrected chi connectivity index (χ0v) is 26.7. The molecule has 3 aliphatic rings. The van der Waals surface area contributed by atoms with Gasteiger partial charge in [0.15, 0.2) is 6.61 Å². The predicted octanol–water partition coefficient (Wildman–Crippen LogP) is 2.39. The van der Waals surface area contributed by atoms with Gasteiger partial charge in [-0.3, -0.25) is 19.2 Å². The number of aryl methyl sites for hydroxylation is 1. The van der Waals surface area contributed by atoms with Crippen LogP contribution in [0.1, 0.15) is 67.9 Å². The van der Waals surface area contributed by atoms with E-state index in [1.807, 2.05) is 32.0 Å². The molecule has 3 heterocycles. The molecule has 1 aromatic carbocycles. The molecule has 0 radical (unpaired) electrons. The third kappa shape index (κ3) is 8.04. The average molecular weight is 637 g/mol. The van der Waals surface area contributed by atoms with Crippen LogP contribution in [0.4, 0.5) is 4.79 Å². The highest BCUT2D eigenvalue weighted by molar-refractivity contribution is 5.99. The van der Waals surface area contributed by atoms with Gasteiger partial charge in [0.25, 0.3) is 11.8 Å². The number of carbonyl (C=O) groups excluding carboxylic acids is 5. The van der Waals surface area contributed by atoms with Crippen molar-refractivity contribution in [3.8, 4) is 5.75 Å². The molecule has 5 amide bonds. The van der Waals surface area contributed by atoms with Gasteiger partial charge in [-0.25, -0.2) is 9.78 Å². The Morgan fingerprint density at radius 3 is 2.41 bits per heavy atom. The maximum atomic E-state index is 13.2. The predicted molar refractivity (Wildman–Crippen MR) is 169 cm³/mol. The minimum atomic E-state index is -0.557. The van der Waals surface area contributed by atoms with E-state index in [-0.39, 0.29) is 48.7 Å². The molecule has 13 nitrogen and oxygen atoms in total. The number of unbranched alkanes of at least 4 members (excludes halogenated alkanes) is 1. The molecule has 2 aromatic rings. The summed E-state index contributed by atoms with van der Waals surface area (Å²) in [5, 5.41) is 6.34. The lowest BCUT2D eigenvalue weighted by Gasteiger charge is -2.34. The SMILES string of the molecule is CCCCOC(=O)N1CCN(C(=O)CNC(=O)c2cc(OCC(=O)N3CCC[C@H]3C(=O)NC3CCC3)c3ccc(C)cc3n2)CC1. The highest BCUT2D eigenvalue weighted by atomic mass is 16.6. The Morgan fingerprint density at radius 1 is 0.935 bits per heavy atom. The van der Waals surface area contributed by atoms with E-state index in [0.717, 1.165) is 44.1 Å². The molecule has 1 atom stereocenters. The van der Waals surface area contributed by atoms with E-state index >= 15 is 0 Å². The van der Waals surface area contributed by atoms with E-state index in [4.69, 9.17) is 9.47 Å². The van der Waals surface area contributed by atoms with Crippen molar-refractivity contribution in [3.05, 3.63) is 35.5 Å². The molecule has 2 aliphatic heterocycles. The summed E-state index contributed by atoms with van der Waals surface area (Å²) in [5.41, 5.74) is 1.50. The largest absolute Gasteiger partial charge is 0.483 e. The molecule has 1 saturated carbocycles. The number of nitrogens with zero attached hydrogens (tertiary/aromatic N) is 4. The van der Waals surface area contributed by atoms with Gasteiger partial charge in [-0.2, -0.15) is 0 Å². The van der Waals surface area contributed by atoms with Crippen LogP contribution in [-0.2, 0) is 19.1 Å². The average Bonchev–Trinajstić information content (AvgIpc) is 3.54. The fraction of sp³-hybridized carbons (Fsp3) is 0.576. The Labute approximate surface area is 268 Å². The van der Waals surface area contributed by atoms with Crippen molar-refractivity contribution in [3.63, 3.8) is 0 Å². The van der Waals surface area contributed by atoms with Crippen LogP contribution in [0.3, 0.4) is 0 Å². The number of carbonyl (C=O) groups is 5. The number of nitrogens with one attached hydrogen (secondary N) is 2. The summed E-state index contributed by atoms with van der Waals surface area (Å²) in [6.45, 7) is 5.67. The van der Waals surface area contributed by atoms with Crippen LogP contribution in [0.25, 0.3) is 10.9 Å². The molecule has 46 heavy (non-hydrogen) atoms. The lowest BCUT2D eigenvalue weighted by molar-refractivity contribution is -0.140. The van der Waals surface area contributed by atoms with Gasteiger partial charge in [0.1, 0.15) is 17.5 Å². The van der Waals surface area contributed by atoms with Crippen LogP contribution in [0, 0.1) is 6.92 Å². The molecule has 2 N–H and O–H groups in total. The summed E-state index contributed by atoms with van der Waals surface area (Å²) in [7, 11) is 0. The van der Waals surface area contributed by atoms with E-state index in [1.54, 1.807) is 14.7 Å². The number of hydrogen-bond donors (Lipinski definition) is 2. The number of amides is 5. The van der Waals surface area contributed by atoms with Crippen LogP contribution < -0.4 is 15.4 Å². The molecule has 1 aliphatic carbocycles. The number of aromatic nitrogens is 1. The summed E-state index contributed by atoms with van der Waals surface area (Å²) in [6.07, 6.45) is 5.79. The third-order valence-electron chi connectivity index (χ3n) is 8.85. The van der Waals surface area contributed by atoms with Gasteiger partial charge in [-0.15, -0.1) is 0 Å². The van der Waals surface area contributed by atoms with E-state index in [1.165, 1.54) is 6.07 Å². The second kappa shape index (κ2) is 15.2. The van der Waals surface area contributed by atoms with E-state index in [2.05, 4.69) is 15.6 Å². The highest BCUT2D eigenvalue weighted by Gasteiger charge is 2.36. The second-order valence-corrected chi connectivity index (χ2v) is 12.2. The number of benzene rings is 1. The summed E-state index contributed by atoms with van der Waals surface area (Å²) in [6, 6.07) is 6.70. The van der Waals surface area contributed by atoms with Crippen LogP contribution in [0.2, 0.25) is 0 Å². The minimum absolute atomic E-state index is 0.0481. The van der Waals surface area contributed by atoms with Crippen LogP contribution in [0.15, 0.2) is 24.3 Å². The number of rotatable bonds is 11. The molecule has 5 rings (SSSR count). The van der Waals surface area contributed by atoms with Gasteiger partial charge in [0.05, 0.1) is 18.7 Å². The normalized spacial score (nSPS) is 18.2. The monoisotopic (exact) mass is 636 g/mol. The van der Waals surface area contributed by atoms with Crippen molar-refractivity contribution in [2.75, 3.05) is 52.5 Å². The number of fused-ring (bicyclic) bond motifs is 1. The molecule has 2 saturated heterocycles. The van der Waals surface area contributed by atoms with Crippen molar-refractivity contribution in [1.82, 2.24) is 30.3 Å². The van der Waals surface area contributed by atoms with E-state index in [9.17, 15) is 24.0 Å². The zero-order valence-electron chi connectivity index (χ0n) is 26.7. The first-order valence-corrected chi connectivity index (χ1v) is 16.3. The van der Waals surface area contributed by atoms with Gasteiger partial charge in [-0.05, 0) is 63.1 Å². The number of hydrogen-bond acceptors (Lipinski definition) is 8. The number of ether oxygens (including phenoxy) is 2. The fourth-order valence-corrected chi connectivity index (χ4v) is 5.84. The van der Waals surface area contributed by atoms with Crippen LogP contribution >= 0.6 is 0 Å². The summed E-state index contributed by atoms with van der Waals surface area (Å²) < 4.78 is 11.2. The molecule has 0 bridgehead atoms. The third-order valence-corrected chi connectivity index (χ3v) is 8.85. The van der Waals surface area contributed by atoms with Gasteiger partial charge in [0.2, 0.25) is 11.8 Å². The lowest BCUT2D eigenvalue weighted by Crippen LogP contribution is -2.52. The zero-order chi connectivity index (χ0) is 32.6. The first kappa shape index (κ1) is 33.0.